The number of halogens is 1. The van der Waals surface area contributed by atoms with Gasteiger partial charge in [-0.05, 0) is 49.9 Å². The van der Waals surface area contributed by atoms with E-state index in [4.69, 9.17) is 0 Å². The highest BCUT2D eigenvalue weighted by atomic mass is 79.9. The summed E-state index contributed by atoms with van der Waals surface area (Å²) in [7, 11) is -3.61. The molecule has 3 rings (SSSR count). The fourth-order valence-electron chi connectivity index (χ4n) is 2.58. The van der Waals surface area contributed by atoms with Gasteiger partial charge in [-0.2, -0.15) is 0 Å². The number of sulfonamides is 1. The van der Waals surface area contributed by atoms with Crippen LogP contribution in [0.1, 0.15) is 29.8 Å². The van der Waals surface area contributed by atoms with Crippen LogP contribution in [0.3, 0.4) is 0 Å². The van der Waals surface area contributed by atoms with Gasteiger partial charge in [0.2, 0.25) is 15.9 Å². The number of nitrogens with zero attached hydrogens (tertiary/aromatic N) is 1. The van der Waals surface area contributed by atoms with Crippen LogP contribution in [0.25, 0.3) is 0 Å². The Morgan fingerprint density at radius 1 is 1.20 bits per heavy atom. The highest BCUT2D eigenvalue weighted by molar-refractivity contribution is 9.10. The highest BCUT2D eigenvalue weighted by Crippen LogP contribution is 2.29. The molecule has 2 aromatic rings. The monoisotopic (exact) mass is 443 g/mol. The molecule has 1 aromatic carbocycles. The second kappa shape index (κ2) is 7.94. The van der Waals surface area contributed by atoms with E-state index in [0.717, 1.165) is 29.4 Å². The van der Waals surface area contributed by atoms with Crippen molar-refractivity contribution in [3.8, 4) is 0 Å². The van der Waals surface area contributed by atoms with Crippen molar-refractivity contribution < 1.29 is 13.2 Å². The molecule has 0 bridgehead atoms. The van der Waals surface area contributed by atoms with E-state index in [9.17, 15) is 13.2 Å². The van der Waals surface area contributed by atoms with E-state index < -0.39 is 10.0 Å². The Kier molecular flexibility index (Phi) is 5.88. The van der Waals surface area contributed by atoms with E-state index in [1.165, 1.54) is 34.8 Å². The van der Waals surface area contributed by atoms with Gasteiger partial charge in [0.05, 0.1) is 10.6 Å². The first kappa shape index (κ1) is 18.5. The molecule has 2 N–H and O–H groups in total. The van der Waals surface area contributed by atoms with Crippen LogP contribution in [-0.4, -0.2) is 25.9 Å². The second-order valence-corrected chi connectivity index (χ2v) is 9.51. The zero-order valence-corrected chi connectivity index (χ0v) is 16.6. The van der Waals surface area contributed by atoms with E-state index in [-0.39, 0.29) is 23.8 Å². The Labute approximate surface area is 159 Å². The van der Waals surface area contributed by atoms with Crippen LogP contribution in [0.2, 0.25) is 0 Å². The first-order chi connectivity index (χ1) is 11.9. The van der Waals surface area contributed by atoms with Gasteiger partial charge in [0.25, 0.3) is 0 Å². The molecule has 0 fully saturated rings. The normalized spacial score (nSPS) is 14.1. The minimum absolute atomic E-state index is 0.0370. The maximum Gasteiger partial charge on any atom is 0.240 e. The summed E-state index contributed by atoms with van der Waals surface area (Å²) in [6.07, 6.45) is 4.35. The van der Waals surface area contributed by atoms with Crippen molar-refractivity contribution >= 4 is 48.3 Å². The number of amides is 1. The summed E-state index contributed by atoms with van der Waals surface area (Å²) in [5, 5.41) is 3.36. The number of nitrogens with one attached hydrogen (secondary N) is 2. The molecule has 1 aliphatic rings. The number of benzene rings is 1. The maximum atomic E-state index is 12.1. The zero-order valence-electron chi connectivity index (χ0n) is 13.4. The van der Waals surface area contributed by atoms with E-state index in [1.54, 1.807) is 12.1 Å². The van der Waals surface area contributed by atoms with E-state index >= 15 is 0 Å². The number of hydrogen-bond donors (Lipinski definition) is 2. The van der Waals surface area contributed by atoms with Crippen molar-refractivity contribution in [2.24, 2.45) is 0 Å². The van der Waals surface area contributed by atoms with Gasteiger partial charge in [0, 0.05) is 22.3 Å². The lowest BCUT2D eigenvalue weighted by molar-refractivity contribution is -0.116. The molecule has 1 aliphatic carbocycles. The Morgan fingerprint density at radius 2 is 1.92 bits per heavy atom. The number of hydrogen-bond acceptors (Lipinski definition) is 5. The van der Waals surface area contributed by atoms with Gasteiger partial charge in [0.1, 0.15) is 0 Å². The van der Waals surface area contributed by atoms with Crippen molar-refractivity contribution in [1.82, 2.24) is 9.71 Å². The first-order valence-electron chi connectivity index (χ1n) is 7.98. The molecule has 0 atom stereocenters. The van der Waals surface area contributed by atoms with Gasteiger partial charge < -0.3 is 5.32 Å². The van der Waals surface area contributed by atoms with Crippen LogP contribution in [-0.2, 0) is 27.7 Å². The minimum Gasteiger partial charge on any atom is -0.302 e. The Morgan fingerprint density at radius 3 is 2.64 bits per heavy atom. The Balaban J connectivity index is 1.50. The lowest BCUT2D eigenvalue weighted by Crippen LogP contribution is -2.27. The summed E-state index contributed by atoms with van der Waals surface area (Å²) in [6, 6.07) is 6.33. The van der Waals surface area contributed by atoms with Crippen molar-refractivity contribution in [2.45, 2.75) is 37.0 Å². The number of anilines is 1. The molecule has 0 aliphatic heterocycles. The highest BCUT2D eigenvalue weighted by Gasteiger charge is 2.17. The number of carbonyl (C=O) groups excluding carboxylic acids is 1. The molecule has 0 saturated heterocycles. The summed E-state index contributed by atoms with van der Waals surface area (Å²) in [5.41, 5.74) is 1.09. The summed E-state index contributed by atoms with van der Waals surface area (Å²) >= 11 is 4.78. The van der Waals surface area contributed by atoms with Crippen LogP contribution in [0.4, 0.5) is 5.13 Å². The molecule has 1 aromatic heterocycles. The smallest absolute Gasteiger partial charge is 0.240 e. The number of rotatable bonds is 6. The third kappa shape index (κ3) is 4.87. The molecular weight excluding hydrogens is 426 g/mol. The molecule has 134 valence electrons. The average molecular weight is 444 g/mol. The number of aryl methyl sites for hydroxylation is 2. The predicted molar refractivity (Wildman–Crippen MR) is 101 cm³/mol. The van der Waals surface area contributed by atoms with Crippen LogP contribution >= 0.6 is 27.3 Å². The van der Waals surface area contributed by atoms with E-state index in [1.807, 2.05) is 0 Å². The fourth-order valence-corrected chi connectivity index (χ4v) is 4.95. The third-order valence-corrected chi connectivity index (χ3v) is 6.94. The van der Waals surface area contributed by atoms with Crippen LogP contribution in [0.15, 0.2) is 33.6 Å². The van der Waals surface area contributed by atoms with Gasteiger partial charge in [-0.3, -0.25) is 4.79 Å². The number of thiazole rings is 1. The maximum absolute atomic E-state index is 12.1. The van der Waals surface area contributed by atoms with Crippen molar-refractivity contribution in [3.05, 3.63) is 39.3 Å². The molecule has 9 heteroatoms. The molecule has 6 nitrogen and oxygen atoms in total. The first-order valence-corrected chi connectivity index (χ1v) is 11.1. The Hall–Kier alpha value is -1.29. The lowest BCUT2D eigenvalue weighted by atomic mass is 10.0. The molecule has 0 saturated carbocycles. The lowest BCUT2D eigenvalue weighted by Gasteiger charge is -2.06. The van der Waals surface area contributed by atoms with E-state index in [2.05, 4.69) is 31.0 Å². The standard InChI is InChI=1S/C16H18BrN3O3S2/c17-11-5-7-12(8-6-11)25(22,23)18-10-9-15(21)20-16-19-13-3-1-2-4-14(13)24-16/h5-8,18H,1-4,9-10H2,(H,19,20,21). The van der Waals surface area contributed by atoms with Crippen LogP contribution in [0.5, 0.6) is 0 Å². The molecule has 0 spiro atoms. The van der Waals surface area contributed by atoms with Gasteiger partial charge >= 0.3 is 0 Å². The van der Waals surface area contributed by atoms with Gasteiger partial charge in [-0.25, -0.2) is 18.1 Å². The molecule has 1 amide bonds. The summed E-state index contributed by atoms with van der Waals surface area (Å²) < 4.78 is 27.5. The van der Waals surface area contributed by atoms with Crippen LogP contribution < -0.4 is 10.0 Å². The van der Waals surface area contributed by atoms with E-state index in [0.29, 0.717) is 5.13 Å². The van der Waals surface area contributed by atoms with Crippen molar-refractivity contribution in [2.75, 3.05) is 11.9 Å². The molecule has 25 heavy (non-hydrogen) atoms. The average Bonchev–Trinajstić information content (AvgIpc) is 2.97. The molecular formula is C16H18BrN3O3S2. The molecule has 0 unspecified atom stereocenters. The summed E-state index contributed by atoms with van der Waals surface area (Å²) in [6.45, 7) is 0.0370. The number of carbonyl (C=O) groups is 1. The Bertz CT molecular complexity index is 840. The quantitative estimate of drug-likeness (QED) is 0.717. The summed E-state index contributed by atoms with van der Waals surface area (Å²) in [4.78, 5) is 17.9. The molecule has 0 radical (unpaired) electrons. The van der Waals surface area contributed by atoms with Crippen LogP contribution in [0, 0.1) is 0 Å². The van der Waals surface area contributed by atoms with Crippen molar-refractivity contribution in [1.29, 1.82) is 0 Å². The summed E-state index contributed by atoms with van der Waals surface area (Å²) in [5.74, 6) is -0.246. The minimum atomic E-state index is -3.61. The topological polar surface area (TPSA) is 88.2 Å². The van der Waals surface area contributed by atoms with Gasteiger partial charge in [0.15, 0.2) is 5.13 Å². The SMILES string of the molecule is O=C(CCNS(=O)(=O)c1ccc(Br)cc1)Nc1nc2c(s1)CCCC2. The predicted octanol–water partition coefficient (Wildman–Crippen LogP) is 3.09. The fraction of sp³-hybridized carbons (Fsp3) is 0.375. The largest absolute Gasteiger partial charge is 0.302 e. The van der Waals surface area contributed by atoms with Crippen molar-refractivity contribution in [3.63, 3.8) is 0 Å². The second-order valence-electron chi connectivity index (χ2n) is 5.75. The third-order valence-electron chi connectivity index (χ3n) is 3.86. The number of aromatic nitrogens is 1. The van der Waals surface area contributed by atoms with Gasteiger partial charge in [-0.1, -0.05) is 15.9 Å². The number of fused-ring (bicyclic) bond motifs is 1. The zero-order chi connectivity index (χ0) is 17.9. The molecule has 1 heterocycles. The van der Waals surface area contributed by atoms with Gasteiger partial charge in [-0.15, -0.1) is 11.3 Å².